The third-order valence-corrected chi connectivity index (χ3v) is 4.93. The van der Waals surface area contributed by atoms with E-state index in [0.29, 0.717) is 23.9 Å². The van der Waals surface area contributed by atoms with Gasteiger partial charge < -0.3 is 19.9 Å². The van der Waals surface area contributed by atoms with Gasteiger partial charge >= 0.3 is 0 Å². The van der Waals surface area contributed by atoms with E-state index in [0.717, 1.165) is 40.9 Å². The van der Waals surface area contributed by atoms with Crippen molar-refractivity contribution in [2.75, 3.05) is 26.0 Å². The number of amides is 1. The van der Waals surface area contributed by atoms with Crippen molar-refractivity contribution in [3.63, 3.8) is 0 Å². The highest BCUT2D eigenvalue weighted by Crippen LogP contribution is 2.24. The normalized spacial score (nSPS) is 10.8. The number of rotatable bonds is 8. The quantitative estimate of drug-likeness (QED) is 0.395. The Morgan fingerprint density at radius 1 is 1.06 bits per heavy atom. The molecule has 0 spiro atoms. The Hall–Kier alpha value is -3.94. The van der Waals surface area contributed by atoms with Crippen LogP contribution in [0.5, 0.6) is 5.75 Å². The number of fused-ring (bicyclic) bond motifs is 1. The molecule has 0 saturated carbocycles. The summed E-state index contributed by atoms with van der Waals surface area (Å²) >= 11 is 0. The highest BCUT2D eigenvalue weighted by molar-refractivity contribution is 5.98. The topological polar surface area (TPSA) is 96.0 Å². The minimum Gasteiger partial charge on any atom is -0.493 e. The number of nitrogens with zero attached hydrogens (tertiary/aromatic N) is 4. The number of ether oxygens (including phenoxy) is 1. The number of carbonyl (C=O) groups is 1. The predicted octanol–water partition coefficient (Wildman–Crippen LogP) is 4.64. The fraction of sp³-hybridized carbons (Fsp3) is 0.250. The molecule has 164 valence electrons. The summed E-state index contributed by atoms with van der Waals surface area (Å²) in [6, 6.07) is 13.2. The van der Waals surface area contributed by atoms with Gasteiger partial charge in [0.25, 0.3) is 5.91 Å². The van der Waals surface area contributed by atoms with Gasteiger partial charge in [-0.2, -0.15) is 0 Å². The monoisotopic (exact) mass is 430 g/mol. The number of hydrogen-bond donors (Lipinski definition) is 2. The van der Waals surface area contributed by atoms with E-state index in [-0.39, 0.29) is 5.91 Å². The zero-order valence-electron chi connectivity index (χ0n) is 18.4. The first-order valence-electron chi connectivity index (χ1n) is 10.6. The molecule has 0 unspecified atom stereocenters. The Kier molecular flexibility index (Phi) is 6.30. The van der Waals surface area contributed by atoms with E-state index in [1.807, 2.05) is 42.5 Å². The number of benzene rings is 1. The van der Waals surface area contributed by atoms with Crippen LogP contribution in [0.1, 0.15) is 30.3 Å². The largest absolute Gasteiger partial charge is 0.493 e. The van der Waals surface area contributed by atoms with Crippen molar-refractivity contribution in [1.29, 1.82) is 0 Å². The summed E-state index contributed by atoms with van der Waals surface area (Å²) < 4.78 is 5.78. The molecule has 0 aliphatic carbocycles. The van der Waals surface area contributed by atoms with Crippen LogP contribution in [0.2, 0.25) is 0 Å². The first kappa shape index (κ1) is 21.3. The average Bonchev–Trinajstić information content (AvgIpc) is 3.22. The molecular weight excluding hydrogens is 404 g/mol. The number of pyridine rings is 1. The lowest BCUT2D eigenvalue weighted by molar-refractivity contribution is 0.0823. The van der Waals surface area contributed by atoms with Gasteiger partial charge in [0.2, 0.25) is 5.95 Å². The van der Waals surface area contributed by atoms with E-state index in [2.05, 4.69) is 32.2 Å². The van der Waals surface area contributed by atoms with Gasteiger partial charge in [-0.3, -0.25) is 9.78 Å². The molecule has 3 aromatic heterocycles. The van der Waals surface area contributed by atoms with Gasteiger partial charge in [0, 0.05) is 49.1 Å². The lowest BCUT2D eigenvalue weighted by Crippen LogP contribution is -2.21. The van der Waals surface area contributed by atoms with Gasteiger partial charge in [-0.1, -0.05) is 19.4 Å². The molecule has 4 aromatic rings. The number of aromatic nitrogens is 4. The van der Waals surface area contributed by atoms with Gasteiger partial charge in [0.15, 0.2) is 0 Å². The number of unbranched alkanes of at least 4 members (excludes halogenated alkanes) is 1. The van der Waals surface area contributed by atoms with Crippen molar-refractivity contribution in [2.24, 2.45) is 0 Å². The second-order valence-electron chi connectivity index (χ2n) is 7.65. The average molecular weight is 431 g/mol. The Bertz CT molecular complexity index is 1230. The molecule has 3 heterocycles. The van der Waals surface area contributed by atoms with Crippen LogP contribution < -0.4 is 10.1 Å². The van der Waals surface area contributed by atoms with Crippen molar-refractivity contribution in [2.45, 2.75) is 19.8 Å². The molecule has 4 rings (SSSR count). The van der Waals surface area contributed by atoms with Crippen LogP contribution in [0.4, 0.5) is 11.6 Å². The van der Waals surface area contributed by atoms with Gasteiger partial charge in [0.05, 0.1) is 18.0 Å². The fourth-order valence-corrected chi connectivity index (χ4v) is 3.23. The molecule has 0 fully saturated rings. The maximum atomic E-state index is 12.2. The van der Waals surface area contributed by atoms with Gasteiger partial charge in [0.1, 0.15) is 11.4 Å². The second-order valence-corrected chi connectivity index (χ2v) is 7.65. The van der Waals surface area contributed by atoms with Crippen molar-refractivity contribution >= 4 is 28.4 Å². The summed E-state index contributed by atoms with van der Waals surface area (Å²) in [5, 5.41) is 4.19. The minimum absolute atomic E-state index is 0.0693. The maximum Gasteiger partial charge on any atom is 0.269 e. The summed E-state index contributed by atoms with van der Waals surface area (Å²) in [4.78, 5) is 30.3. The molecule has 0 saturated heterocycles. The van der Waals surface area contributed by atoms with Crippen molar-refractivity contribution in [3.05, 3.63) is 60.6 Å². The number of hydrogen-bond acceptors (Lipinski definition) is 6. The van der Waals surface area contributed by atoms with Crippen LogP contribution in [0.15, 0.2) is 54.9 Å². The van der Waals surface area contributed by atoms with Crippen molar-refractivity contribution < 1.29 is 9.53 Å². The van der Waals surface area contributed by atoms with Gasteiger partial charge in [-0.05, 0) is 36.8 Å². The lowest BCUT2D eigenvalue weighted by atomic mass is 10.2. The molecule has 8 heteroatoms. The highest BCUT2D eigenvalue weighted by atomic mass is 16.5. The lowest BCUT2D eigenvalue weighted by Gasteiger charge is -2.08. The van der Waals surface area contributed by atoms with Crippen LogP contribution >= 0.6 is 0 Å². The summed E-state index contributed by atoms with van der Waals surface area (Å²) in [7, 11) is 3.46. The standard InChI is InChI=1S/C24H26N6O2/c1-4-5-12-32-18-8-10-25-21(15-18)19-9-11-26-24(29-19)27-17-7-6-16-13-22(23(31)30(2)3)28-20(16)14-17/h6-11,13-15,28H,4-5,12H2,1-3H3,(H,26,27,29). The van der Waals surface area contributed by atoms with Gasteiger partial charge in [-0.15, -0.1) is 0 Å². The van der Waals surface area contributed by atoms with E-state index < -0.39 is 0 Å². The number of H-pyrrole nitrogens is 1. The molecular formula is C24H26N6O2. The van der Waals surface area contributed by atoms with Crippen molar-refractivity contribution in [1.82, 2.24) is 24.8 Å². The SMILES string of the molecule is CCCCOc1ccnc(-c2ccnc(Nc3ccc4cc(C(=O)N(C)C)[nH]c4c3)n2)c1. The van der Waals surface area contributed by atoms with E-state index in [4.69, 9.17) is 4.74 Å². The van der Waals surface area contributed by atoms with Crippen LogP contribution in [-0.4, -0.2) is 51.4 Å². The summed E-state index contributed by atoms with van der Waals surface area (Å²) in [6.07, 6.45) is 5.51. The third-order valence-electron chi connectivity index (χ3n) is 4.93. The van der Waals surface area contributed by atoms with Crippen LogP contribution in [0.25, 0.3) is 22.3 Å². The molecule has 1 aromatic carbocycles. The maximum absolute atomic E-state index is 12.2. The predicted molar refractivity (Wildman–Crippen MR) is 125 cm³/mol. The molecule has 1 amide bonds. The molecule has 0 aliphatic rings. The Balaban J connectivity index is 1.53. The molecule has 0 bridgehead atoms. The third kappa shape index (κ3) is 4.85. The molecule has 2 N–H and O–H groups in total. The zero-order valence-corrected chi connectivity index (χ0v) is 18.4. The summed E-state index contributed by atoms with van der Waals surface area (Å²) in [5.41, 5.74) is 3.63. The first-order chi connectivity index (χ1) is 15.5. The number of nitrogens with one attached hydrogen (secondary N) is 2. The zero-order chi connectivity index (χ0) is 22.5. The molecule has 0 aliphatic heterocycles. The molecule has 8 nitrogen and oxygen atoms in total. The molecule has 0 atom stereocenters. The Morgan fingerprint density at radius 3 is 2.72 bits per heavy atom. The van der Waals surface area contributed by atoms with Crippen LogP contribution in [0.3, 0.4) is 0 Å². The summed E-state index contributed by atoms with van der Waals surface area (Å²) in [5.74, 6) is 1.16. The van der Waals surface area contributed by atoms with E-state index in [9.17, 15) is 4.79 Å². The number of aromatic amines is 1. The van der Waals surface area contributed by atoms with Crippen LogP contribution in [0, 0.1) is 0 Å². The molecule has 32 heavy (non-hydrogen) atoms. The minimum atomic E-state index is -0.0693. The van der Waals surface area contributed by atoms with Gasteiger partial charge in [-0.25, -0.2) is 9.97 Å². The fourth-order valence-electron chi connectivity index (χ4n) is 3.23. The van der Waals surface area contributed by atoms with Crippen molar-refractivity contribution in [3.8, 4) is 17.1 Å². The van der Waals surface area contributed by atoms with Crippen LogP contribution in [-0.2, 0) is 0 Å². The van der Waals surface area contributed by atoms with E-state index in [1.165, 1.54) is 0 Å². The Labute approximate surface area is 186 Å². The van der Waals surface area contributed by atoms with E-state index in [1.54, 1.807) is 31.4 Å². The molecule has 0 radical (unpaired) electrons. The second kappa shape index (κ2) is 9.47. The smallest absolute Gasteiger partial charge is 0.269 e. The Morgan fingerprint density at radius 2 is 1.91 bits per heavy atom. The van der Waals surface area contributed by atoms with E-state index >= 15 is 0 Å². The highest BCUT2D eigenvalue weighted by Gasteiger charge is 2.12. The number of carbonyl (C=O) groups excluding carboxylic acids is 1. The first-order valence-corrected chi connectivity index (χ1v) is 10.6. The number of anilines is 2. The summed E-state index contributed by atoms with van der Waals surface area (Å²) in [6.45, 7) is 2.81.